The number of halogens is 1. The number of nitrogen functional groups attached to an aromatic ring is 1. The molecule has 0 radical (unpaired) electrons. The van der Waals surface area contributed by atoms with Gasteiger partial charge in [-0.25, -0.2) is 9.69 Å². The molecule has 0 aliphatic carbocycles. The van der Waals surface area contributed by atoms with Gasteiger partial charge in [-0.3, -0.25) is 4.79 Å². The van der Waals surface area contributed by atoms with Crippen LogP contribution in [0.1, 0.15) is 28.9 Å². The van der Waals surface area contributed by atoms with Gasteiger partial charge in [0.25, 0.3) is 5.91 Å². The topological polar surface area (TPSA) is 83.6 Å². The molecule has 1 atom stereocenters. The number of hydrogen-bond acceptors (Lipinski definition) is 3. The van der Waals surface area contributed by atoms with Crippen LogP contribution in [0, 0.1) is 0 Å². The Morgan fingerprint density at radius 2 is 2.19 bits per heavy atom. The third-order valence-electron chi connectivity index (χ3n) is 2.67. The van der Waals surface area contributed by atoms with E-state index < -0.39 is 18.0 Å². The van der Waals surface area contributed by atoms with E-state index in [-0.39, 0.29) is 11.3 Å². The first-order valence-corrected chi connectivity index (χ1v) is 4.97. The highest BCUT2D eigenvalue weighted by molar-refractivity contribution is 6.32. The van der Waals surface area contributed by atoms with Gasteiger partial charge >= 0.3 is 6.09 Å². The molecule has 2 rings (SSSR count). The monoisotopic (exact) mass is 240 g/mol. The highest BCUT2D eigenvalue weighted by atomic mass is 35.5. The second-order valence-electron chi connectivity index (χ2n) is 3.56. The van der Waals surface area contributed by atoms with Gasteiger partial charge in [-0.15, -0.1) is 0 Å². The number of anilines is 1. The molecule has 2 amide bonds. The maximum Gasteiger partial charge on any atom is 0.414 e. The molecule has 0 fully saturated rings. The first kappa shape index (κ1) is 10.8. The molecule has 1 unspecified atom stereocenters. The van der Waals surface area contributed by atoms with Crippen LogP contribution in [0.3, 0.4) is 0 Å². The minimum atomic E-state index is -1.30. The lowest BCUT2D eigenvalue weighted by molar-refractivity contribution is 0.0724. The normalized spacial score (nSPS) is 18.8. The standard InChI is InChI=1S/C10H9ClN2O3/c1-4-7-5(11)2-3-6(12)8(7)9(14)13(4)10(15)16/h2-4H,12H2,1H3,(H,15,16). The molecule has 1 heterocycles. The van der Waals surface area contributed by atoms with Crippen molar-refractivity contribution in [1.82, 2.24) is 4.90 Å². The van der Waals surface area contributed by atoms with E-state index in [9.17, 15) is 9.59 Å². The fourth-order valence-electron chi connectivity index (χ4n) is 1.94. The summed E-state index contributed by atoms with van der Waals surface area (Å²) in [6.07, 6.45) is -1.30. The van der Waals surface area contributed by atoms with E-state index in [4.69, 9.17) is 22.4 Å². The van der Waals surface area contributed by atoms with Crippen molar-refractivity contribution in [2.45, 2.75) is 13.0 Å². The number of benzene rings is 1. The SMILES string of the molecule is CC1c2c(Cl)ccc(N)c2C(=O)N1C(=O)O. The Morgan fingerprint density at radius 3 is 2.69 bits per heavy atom. The highest BCUT2D eigenvalue weighted by Crippen LogP contribution is 2.40. The van der Waals surface area contributed by atoms with Crippen molar-refractivity contribution in [3.63, 3.8) is 0 Å². The van der Waals surface area contributed by atoms with E-state index in [1.54, 1.807) is 13.0 Å². The van der Waals surface area contributed by atoms with E-state index in [2.05, 4.69) is 0 Å². The number of amides is 2. The van der Waals surface area contributed by atoms with Gasteiger partial charge < -0.3 is 10.8 Å². The summed E-state index contributed by atoms with van der Waals surface area (Å²) in [6.45, 7) is 1.60. The van der Waals surface area contributed by atoms with Crippen molar-refractivity contribution in [2.75, 3.05) is 5.73 Å². The first-order valence-electron chi connectivity index (χ1n) is 4.59. The summed E-state index contributed by atoms with van der Waals surface area (Å²) < 4.78 is 0. The summed E-state index contributed by atoms with van der Waals surface area (Å²) in [5, 5.41) is 9.28. The molecule has 5 nitrogen and oxygen atoms in total. The van der Waals surface area contributed by atoms with Crippen molar-refractivity contribution >= 4 is 29.3 Å². The van der Waals surface area contributed by atoms with Crippen molar-refractivity contribution < 1.29 is 14.7 Å². The van der Waals surface area contributed by atoms with Crippen molar-refractivity contribution in [3.8, 4) is 0 Å². The predicted octanol–water partition coefficient (Wildman–Crippen LogP) is 2.12. The Kier molecular flexibility index (Phi) is 2.27. The van der Waals surface area contributed by atoms with Gasteiger partial charge in [-0.1, -0.05) is 11.6 Å². The number of nitrogens with zero attached hydrogens (tertiary/aromatic N) is 1. The van der Waals surface area contributed by atoms with Gasteiger partial charge in [0, 0.05) is 16.3 Å². The molecule has 0 saturated carbocycles. The van der Waals surface area contributed by atoms with Crippen LogP contribution in [0.25, 0.3) is 0 Å². The zero-order valence-electron chi connectivity index (χ0n) is 8.40. The van der Waals surface area contributed by atoms with Crippen LogP contribution < -0.4 is 5.73 Å². The average Bonchev–Trinajstić information content (AvgIpc) is 2.46. The summed E-state index contributed by atoms with van der Waals surface area (Å²) in [7, 11) is 0. The van der Waals surface area contributed by atoms with Crippen molar-refractivity contribution in [1.29, 1.82) is 0 Å². The van der Waals surface area contributed by atoms with Crippen LogP contribution >= 0.6 is 11.6 Å². The Bertz CT molecular complexity index is 501. The van der Waals surface area contributed by atoms with Crippen LogP contribution in [0.2, 0.25) is 5.02 Å². The third-order valence-corrected chi connectivity index (χ3v) is 3.00. The van der Waals surface area contributed by atoms with Gasteiger partial charge in [-0.2, -0.15) is 0 Å². The number of nitrogens with two attached hydrogens (primary N) is 1. The summed E-state index contributed by atoms with van der Waals surface area (Å²) in [5.41, 5.74) is 6.58. The average molecular weight is 241 g/mol. The molecule has 84 valence electrons. The van der Waals surface area contributed by atoms with Crippen LogP contribution in [0.15, 0.2) is 12.1 Å². The minimum absolute atomic E-state index is 0.197. The quantitative estimate of drug-likeness (QED) is 0.681. The fraction of sp³-hybridized carbons (Fsp3) is 0.200. The molecule has 6 heteroatoms. The van der Waals surface area contributed by atoms with E-state index in [0.29, 0.717) is 10.6 Å². The lowest BCUT2D eigenvalue weighted by Crippen LogP contribution is -2.32. The number of fused-ring (bicyclic) bond motifs is 1. The molecule has 1 aromatic rings. The van der Waals surface area contributed by atoms with Gasteiger partial charge in [0.2, 0.25) is 0 Å². The molecule has 1 aliphatic heterocycles. The smallest absolute Gasteiger partial charge is 0.414 e. The van der Waals surface area contributed by atoms with Crippen molar-refractivity contribution in [3.05, 3.63) is 28.3 Å². The lowest BCUT2D eigenvalue weighted by Gasteiger charge is -2.15. The second kappa shape index (κ2) is 3.38. The number of carbonyl (C=O) groups is 2. The van der Waals surface area contributed by atoms with Gasteiger partial charge in [0.1, 0.15) is 0 Å². The molecule has 16 heavy (non-hydrogen) atoms. The molecule has 1 aliphatic rings. The predicted molar refractivity (Wildman–Crippen MR) is 58.5 cm³/mol. The number of rotatable bonds is 0. The molecule has 0 saturated heterocycles. The highest BCUT2D eigenvalue weighted by Gasteiger charge is 2.40. The molecule has 0 spiro atoms. The summed E-state index contributed by atoms with van der Waals surface area (Å²) in [4.78, 5) is 23.5. The van der Waals surface area contributed by atoms with Crippen LogP contribution in [0.5, 0.6) is 0 Å². The first-order chi connectivity index (χ1) is 7.45. The molecular weight excluding hydrogens is 232 g/mol. The van der Waals surface area contributed by atoms with Gasteiger partial charge in [0.15, 0.2) is 0 Å². The zero-order chi connectivity index (χ0) is 12.0. The number of imide groups is 1. The zero-order valence-corrected chi connectivity index (χ0v) is 9.15. The number of carbonyl (C=O) groups excluding carboxylic acids is 1. The largest absolute Gasteiger partial charge is 0.465 e. The maximum absolute atomic E-state index is 11.8. The van der Waals surface area contributed by atoms with Crippen LogP contribution in [-0.4, -0.2) is 22.0 Å². The van der Waals surface area contributed by atoms with E-state index in [1.807, 2.05) is 0 Å². The van der Waals surface area contributed by atoms with E-state index in [0.717, 1.165) is 4.90 Å². The molecule has 0 bridgehead atoms. The number of carboxylic acid groups (broad SMARTS) is 1. The van der Waals surface area contributed by atoms with Crippen molar-refractivity contribution in [2.24, 2.45) is 0 Å². The van der Waals surface area contributed by atoms with Gasteiger partial charge in [-0.05, 0) is 19.1 Å². The Morgan fingerprint density at radius 1 is 1.56 bits per heavy atom. The number of hydrogen-bond donors (Lipinski definition) is 2. The lowest BCUT2D eigenvalue weighted by atomic mass is 10.0. The van der Waals surface area contributed by atoms with Crippen LogP contribution in [-0.2, 0) is 0 Å². The maximum atomic E-state index is 11.8. The fourth-order valence-corrected chi connectivity index (χ4v) is 2.25. The summed E-state index contributed by atoms with van der Waals surface area (Å²) in [5.74, 6) is -0.616. The minimum Gasteiger partial charge on any atom is -0.465 e. The van der Waals surface area contributed by atoms with E-state index in [1.165, 1.54) is 6.07 Å². The molecule has 1 aromatic carbocycles. The van der Waals surface area contributed by atoms with Gasteiger partial charge in [0.05, 0.1) is 11.6 Å². The Hall–Kier alpha value is -1.75. The van der Waals surface area contributed by atoms with E-state index >= 15 is 0 Å². The Labute approximate surface area is 96.4 Å². The van der Waals surface area contributed by atoms with Crippen LogP contribution in [0.4, 0.5) is 10.5 Å². The summed E-state index contributed by atoms with van der Waals surface area (Å²) >= 11 is 5.94. The second-order valence-corrected chi connectivity index (χ2v) is 3.97. The Balaban J connectivity index is 2.68. The molecule has 0 aromatic heterocycles. The molecule has 3 N–H and O–H groups in total. The molecular formula is C10H9ClN2O3. The summed E-state index contributed by atoms with van der Waals surface area (Å²) in [6, 6.07) is 2.46. The third kappa shape index (κ3) is 1.25.